The number of nitrogens with one attached hydrogen (secondary N) is 2. The number of Topliss-reactive ketones (excluding diaryl/α,β-unsaturated/α-hetero) is 1. The van der Waals surface area contributed by atoms with E-state index in [1.807, 2.05) is 4.90 Å². The van der Waals surface area contributed by atoms with Crippen LogP contribution in [0.25, 0.3) is 0 Å². The van der Waals surface area contributed by atoms with Gasteiger partial charge in [0, 0.05) is 55.0 Å². The number of carbonyl (C=O) groups excluding carboxylic acids is 4. The molecule has 1 aliphatic carbocycles. The third-order valence-electron chi connectivity index (χ3n) is 5.89. The normalized spacial score (nSPS) is 17.6. The molecular weight excluding hydrogens is 434 g/mol. The number of piperazine rings is 1. The lowest BCUT2D eigenvalue weighted by molar-refractivity contribution is -0.120. The molecule has 0 aromatic heterocycles. The molecular formula is C26H29N3O5. The zero-order valence-corrected chi connectivity index (χ0v) is 19.6. The van der Waals surface area contributed by atoms with E-state index in [9.17, 15) is 19.2 Å². The summed E-state index contributed by atoms with van der Waals surface area (Å²) in [5, 5.41) is 5.85. The Hall–Kier alpha value is -3.52. The Bertz CT molecular complexity index is 1150. The monoisotopic (exact) mass is 463 g/mol. The molecule has 1 aliphatic heterocycles. The molecule has 178 valence electrons. The van der Waals surface area contributed by atoms with Crippen LogP contribution in [0.4, 0.5) is 10.5 Å². The quantitative estimate of drug-likeness (QED) is 0.599. The molecule has 2 N–H and O–H groups in total. The van der Waals surface area contributed by atoms with Crippen LogP contribution in [0.5, 0.6) is 0 Å². The van der Waals surface area contributed by atoms with Gasteiger partial charge < -0.3 is 20.3 Å². The molecule has 1 fully saturated rings. The lowest BCUT2D eigenvalue weighted by Gasteiger charge is -2.38. The van der Waals surface area contributed by atoms with Crippen LogP contribution in [-0.2, 0) is 9.53 Å². The number of nitrogens with zero attached hydrogens (tertiary/aromatic N) is 1. The molecule has 2 aliphatic rings. The molecule has 0 saturated carbocycles. The predicted octanol–water partition coefficient (Wildman–Crippen LogP) is 2.72. The van der Waals surface area contributed by atoms with Gasteiger partial charge in [0.05, 0.1) is 5.56 Å². The van der Waals surface area contributed by atoms with E-state index in [2.05, 4.69) is 10.6 Å². The fourth-order valence-electron chi connectivity index (χ4n) is 4.42. The number of ketones is 3. The van der Waals surface area contributed by atoms with Gasteiger partial charge in [0.1, 0.15) is 11.6 Å². The van der Waals surface area contributed by atoms with E-state index in [-0.39, 0.29) is 30.3 Å². The fraction of sp³-hybridized carbons (Fsp3) is 0.385. The van der Waals surface area contributed by atoms with E-state index in [1.54, 1.807) is 63.2 Å². The van der Waals surface area contributed by atoms with Crippen LogP contribution in [0.1, 0.15) is 59.0 Å². The first-order valence-electron chi connectivity index (χ1n) is 11.5. The average molecular weight is 464 g/mol. The predicted molar refractivity (Wildman–Crippen MR) is 128 cm³/mol. The van der Waals surface area contributed by atoms with Crippen LogP contribution in [0.15, 0.2) is 42.5 Å². The summed E-state index contributed by atoms with van der Waals surface area (Å²) in [5.74, 6) is -0.473. The van der Waals surface area contributed by atoms with Crippen LogP contribution in [0.3, 0.4) is 0 Å². The number of rotatable bonds is 5. The number of carbonyl (C=O) groups is 4. The van der Waals surface area contributed by atoms with Crippen molar-refractivity contribution >= 4 is 29.1 Å². The van der Waals surface area contributed by atoms with Crippen molar-refractivity contribution in [3.8, 4) is 0 Å². The number of amides is 1. The van der Waals surface area contributed by atoms with E-state index in [1.165, 1.54) is 0 Å². The standard InChI is InChI=1S/C26H29N3O5/c1-26(2,3)34-25(33)28-12-11-21(30)20-15-27-13-14-29(20)19-10-6-9-18-22(19)24(32)17-8-5-4-7-16(17)23(18)31/h4-10,20,27H,11-15H2,1-3H3,(H,28,33). The summed E-state index contributed by atoms with van der Waals surface area (Å²) in [6.45, 7) is 7.03. The minimum atomic E-state index is -0.618. The van der Waals surface area contributed by atoms with Crippen molar-refractivity contribution in [1.82, 2.24) is 10.6 Å². The Kier molecular flexibility index (Phi) is 6.52. The highest BCUT2D eigenvalue weighted by Crippen LogP contribution is 2.35. The molecule has 0 spiro atoms. The van der Waals surface area contributed by atoms with Crippen LogP contribution in [0, 0.1) is 0 Å². The molecule has 8 heteroatoms. The highest BCUT2D eigenvalue weighted by molar-refractivity contribution is 6.30. The summed E-state index contributed by atoms with van der Waals surface area (Å²) in [6.07, 6.45) is -0.453. The minimum absolute atomic E-state index is 0.0733. The van der Waals surface area contributed by atoms with Gasteiger partial charge in [-0.25, -0.2) is 4.79 Å². The molecule has 1 amide bonds. The summed E-state index contributed by atoms with van der Waals surface area (Å²) < 4.78 is 5.21. The van der Waals surface area contributed by atoms with Crippen molar-refractivity contribution in [2.24, 2.45) is 0 Å². The Balaban J connectivity index is 1.56. The fourth-order valence-corrected chi connectivity index (χ4v) is 4.42. The van der Waals surface area contributed by atoms with Gasteiger partial charge >= 0.3 is 6.09 Å². The van der Waals surface area contributed by atoms with Gasteiger partial charge in [-0.1, -0.05) is 36.4 Å². The Labute approximate surface area is 198 Å². The lowest BCUT2D eigenvalue weighted by atomic mass is 9.82. The molecule has 1 atom stereocenters. The van der Waals surface area contributed by atoms with E-state index in [0.29, 0.717) is 47.6 Å². The highest BCUT2D eigenvalue weighted by Gasteiger charge is 2.36. The maximum absolute atomic E-state index is 13.4. The first-order chi connectivity index (χ1) is 16.2. The molecule has 0 bridgehead atoms. The van der Waals surface area contributed by atoms with Gasteiger partial charge in [0.15, 0.2) is 17.3 Å². The van der Waals surface area contributed by atoms with Crippen LogP contribution in [-0.4, -0.2) is 61.3 Å². The number of ether oxygens (including phenoxy) is 1. The summed E-state index contributed by atoms with van der Waals surface area (Å²) >= 11 is 0. The van der Waals surface area contributed by atoms with Crippen molar-refractivity contribution in [2.45, 2.75) is 38.8 Å². The van der Waals surface area contributed by atoms with Crippen LogP contribution >= 0.6 is 0 Å². The average Bonchev–Trinajstić information content (AvgIpc) is 2.81. The number of hydrogen-bond donors (Lipinski definition) is 2. The number of benzene rings is 2. The summed E-state index contributed by atoms with van der Waals surface area (Å²) in [5.41, 5.74) is 1.46. The molecule has 0 radical (unpaired) electrons. The highest BCUT2D eigenvalue weighted by atomic mass is 16.6. The van der Waals surface area contributed by atoms with Crippen molar-refractivity contribution < 1.29 is 23.9 Å². The summed E-state index contributed by atoms with van der Waals surface area (Å²) in [7, 11) is 0. The lowest BCUT2D eigenvalue weighted by Crippen LogP contribution is -2.56. The zero-order valence-electron chi connectivity index (χ0n) is 19.6. The molecule has 1 heterocycles. The molecule has 2 aromatic rings. The Morgan fingerprint density at radius 2 is 1.71 bits per heavy atom. The number of fused-ring (bicyclic) bond motifs is 2. The summed E-state index contributed by atoms with van der Waals surface area (Å²) in [4.78, 5) is 53.5. The van der Waals surface area contributed by atoms with Crippen LogP contribution < -0.4 is 15.5 Å². The number of anilines is 1. The topological polar surface area (TPSA) is 105 Å². The maximum atomic E-state index is 13.4. The largest absolute Gasteiger partial charge is 0.444 e. The molecule has 4 rings (SSSR count). The van der Waals surface area contributed by atoms with Gasteiger partial charge in [0.2, 0.25) is 0 Å². The van der Waals surface area contributed by atoms with Gasteiger partial charge in [-0.2, -0.15) is 0 Å². The second kappa shape index (κ2) is 9.38. The first-order valence-corrected chi connectivity index (χ1v) is 11.5. The summed E-state index contributed by atoms with van der Waals surface area (Å²) in [6, 6.07) is 11.5. The van der Waals surface area contributed by atoms with Crippen molar-refractivity contribution in [3.63, 3.8) is 0 Å². The third-order valence-corrected chi connectivity index (χ3v) is 5.89. The SMILES string of the molecule is CC(C)(C)OC(=O)NCCC(=O)C1CNCCN1c1cccc2c1C(=O)c1ccccc1C2=O. The maximum Gasteiger partial charge on any atom is 0.407 e. The number of alkyl carbamates (subject to hydrolysis) is 1. The third kappa shape index (κ3) is 4.72. The second-order valence-corrected chi connectivity index (χ2v) is 9.46. The zero-order chi connectivity index (χ0) is 24.5. The Morgan fingerprint density at radius 3 is 2.41 bits per heavy atom. The molecule has 2 aromatic carbocycles. The van der Waals surface area contributed by atoms with Crippen molar-refractivity contribution in [2.75, 3.05) is 31.1 Å². The van der Waals surface area contributed by atoms with Crippen LogP contribution in [0.2, 0.25) is 0 Å². The minimum Gasteiger partial charge on any atom is -0.444 e. The van der Waals surface area contributed by atoms with E-state index in [4.69, 9.17) is 4.74 Å². The van der Waals surface area contributed by atoms with Gasteiger partial charge in [-0.3, -0.25) is 14.4 Å². The molecule has 1 saturated heterocycles. The van der Waals surface area contributed by atoms with Crippen molar-refractivity contribution in [3.05, 3.63) is 64.7 Å². The molecule has 1 unspecified atom stereocenters. The van der Waals surface area contributed by atoms with Gasteiger partial charge in [0.25, 0.3) is 0 Å². The second-order valence-electron chi connectivity index (χ2n) is 9.46. The van der Waals surface area contributed by atoms with E-state index < -0.39 is 17.7 Å². The van der Waals surface area contributed by atoms with Gasteiger partial charge in [-0.05, 0) is 26.8 Å². The Morgan fingerprint density at radius 1 is 1.03 bits per heavy atom. The first kappa shape index (κ1) is 23.6. The van der Waals surface area contributed by atoms with Crippen molar-refractivity contribution in [1.29, 1.82) is 0 Å². The van der Waals surface area contributed by atoms with E-state index in [0.717, 1.165) is 0 Å². The van der Waals surface area contributed by atoms with Gasteiger partial charge in [-0.15, -0.1) is 0 Å². The number of hydrogen-bond acceptors (Lipinski definition) is 7. The van der Waals surface area contributed by atoms with E-state index >= 15 is 0 Å². The molecule has 8 nitrogen and oxygen atoms in total. The molecule has 34 heavy (non-hydrogen) atoms. The smallest absolute Gasteiger partial charge is 0.407 e.